The molecule has 7 heteroatoms. The first-order valence-corrected chi connectivity index (χ1v) is 8.86. The van der Waals surface area contributed by atoms with Crippen molar-refractivity contribution in [3.63, 3.8) is 0 Å². The number of rotatable bonds is 6. The third-order valence-electron chi connectivity index (χ3n) is 4.35. The summed E-state index contributed by atoms with van der Waals surface area (Å²) in [6.07, 6.45) is 3.56. The molecule has 0 unspecified atom stereocenters. The minimum Gasteiger partial charge on any atom is -0.379 e. The second-order valence-corrected chi connectivity index (χ2v) is 6.18. The molecule has 2 aromatic heterocycles. The average molecular weight is 350 g/mol. The number of benzene rings is 1. The van der Waals surface area contributed by atoms with E-state index < -0.39 is 0 Å². The van der Waals surface area contributed by atoms with E-state index in [1.165, 1.54) is 0 Å². The third-order valence-corrected chi connectivity index (χ3v) is 4.35. The fraction of sp³-hybridized carbons (Fsp3) is 0.316. The number of hydrogen-bond donors (Lipinski definition) is 2. The second-order valence-electron chi connectivity index (χ2n) is 6.18. The zero-order chi connectivity index (χ0) is 17.6. The first-order chi connectivity index (χ1) is 12.9. The molecule has 3 aromatic rings. The summed E-state index contributed by atoms with van der Waals surface area (Å²) in [6, 6.07) is 11.9. The Labute approximate surface area is 152 Å². The Morgan fingerprint density at radius 1 is 1.04 bits per heavy atom. The summed E-state index contributed by atoms with van der Waals surface area (Å²) in [5.41, 5.74) is 1.91. The van der Waals surface area contributed by atoms with Gasteiger partial charge in [0.15, 0.2) is 0 Å². The van der Waals surface area contributed by atoms with Gasteiger partial charge in [0.25, 0.3) is 0 Å². The number of morpholine rings is 1. The van der Waals surface area contributed by atoms with Gasteiger partial charge in [-0.05, 0) is 30.3 Å². The smallest absolute Gasteiger partial charge is 0.229 e. The summed E-state index contributed by atoms with van der Waals surface area (Å²) in [4.78, 5) is 15.6. The SMILES string of the molecule is c1cnc2ccc(Nc3nccc(NCCN4CCOCC4)n3)cc2c1. The molecule has 134 valence electrons. The zero-order valence-electron chi connectivity index (χ0n) is 14.6. The molecule has 4 rings (SSSR count). The lowest BCUT2D eigenvalue weighted by atomic mass is 10.2. The molecule has 1 aromatic carbocycles. The van der Waals surface area contributed by atoms with Crippen LogP contribution >= 0.6 is 0 Å². The van der Waals surface area contributed by atoms with Crippen molar-refractivity contribution in [1.82, 2.24) is 19.9 Å². The summed E-state index contributed by atoms with van der Waals surface area (Å²) in [5, 5.41) is 7.70. The lowest BCUT2D eigenvalue weighted by molar-refractivity contribution is 0.0398. The van der Waals surface area contributed by atoms with Crippen molar-refractivity contribution in [3.05, 3.63) is 48.8 Å². The van der Waals surface area contributed by atoms with Gasteiger partial charge in [-0.2, -0.15) is 4.98 Å². The van der Waals surface area contributed by atoms with Gasteiger partial charge in [0.1, 0.15) is 5.82 Å². The van der Waals surface area contributed by atoms with Crippen LogP contribution in [0.3, 0.4) is 0 Å². The Balaban J connectivity index is 1.37. The number of nitrogens with one attached hydrogen (secondary N) is 2. The van der Waals surface area contributed by atoms with Gasteiger partial charge in [0, 0.05) is 49.6 Å². The van der Waals surface area contributed by atoms with Gasteiger partial charge in [-0.3, -0.25) is 9.88 Å². The van der Waals surface area contributed by atoms with Gasteiger partial charge in [-0.1, -0.05) is 6.07 Å². The van der Waals surface area contributed by atoms with E-state index in [1.54, 1.807) is 12.4 Å². The van der Waals surface area contributed by atoms with Gasteiger partial charge in [0.2, 0.25) is 5.95 Å². The Hall–Kier alpha value is -2.77. The minimum atomic E-state index is 0.574. The maximum atomic E-state index is 5.37. The summed E-state index contributed by atoms with van der Waals surface area (Å²) in [5.74, 6) is 1.39. The molecule has 0 amide bonds. The highest BCUT2D eigenvalue weighted by atomic mass is 16.5. The first-order valence-electron chi connectivity index (χ1n) is 8.86. The molecule has 0 radical (unpaired) electrons. The Bertz CT molecular complexity index is 865. The maximum absolute atomic E-state index is 5.37. The molecule has 26 heavy (non-hydrogen) atoms. The number of aromatic nitrogens is 3. The Morgan fingerprint density at radius 3 is 2.88 bits per heavy atom. The summed E-state index contributed by atoms with van der Waals surface area (Å²) < 4.78 is 5.37. The maximum Gasteiger partial charge on any atom is 0.229 e. The van der Waals surface area contributed by atoms with Gasteiger partial charge < -0.3 is 15.4 Å². The van der Waals surface area contributed by atoms with Gasteiger partial charge >= 0.3 is 0 Å². The lowest BCUT2D eigenvalue weighted by Crippen LogP contribution is -2.39. The van der Waals surface area contributed by atoms with Crippen LogP contribution in [0.4, 0.5) is 17.5 Å². The van der Waals surface area contributed by atoms with Crippen molar-refractivity contribution in [2.75, 3.05) is 50.0 Å². The minimum absolute atomic E-state index is 0.574. The van der Waals surface area contributed by atoms with Gasteiger partial charge in [0.05, 0.1) is 18.7 Å². The van der Waals surface area contributed by atoms with Crippen LogP contribution in [0, 0.1) is 0 Å². The molecule has 1 saturated heterocycles. The molecule has 1 fully saturated rings. The van der Waals surface area contributed by atoms with Crippen molar-refractivity contribution in [3.8, 4) is 0 Å². The highest BCUT2D eigenvalue weighted by Gasteiger charge is 2.09. The largest absolute Gasteiger partial charge is 0.379 e. The second kappa shape index (κ2) is 8.07. The normalized spacial score (nSPS) is 15.1. The molecule has 3 heterocycles. The lowest BCUT2D eigenvalue weighted by Gasteiger charge is -2.26. The van der Waals surface area contributed by atoms with Crippen LogP contribution in [-0.2, 0) is 4.74 Å². The molecule has 0 aliphatic carbocycles. The van der Waals surface area contributed by atoms with E-state index in [4.69, 9.17) is 4.74 Å². The first kappa shape index (κ1) is 16.7. The Morgan fingerprint density at radius 2 is 1.96 bits per heavy atom. The Kier molecular flexibility index (Phi) is 5.18. The highest BCUT2D eigenvalue weighted by Crippen LogP contribution is 2.19. The van der Waals surface area contributed by atoms with Crippen LogP contribution in [0.15, 0.2) is 48.8 Å². The van der Waals surface area contributed by atoms with Crippen molar-refractivity contribution in [2.45, 2.75) is 0 Å². The van der Waals surface area contributed by atoms with E-state index in [2.05, 4.69) is 30.5 Å². The van der Waals surface area contributed by atoms with Crippen LogP contribution < -0.4 is 10.6 Å². The predicted molar refractivity (Wildman–Crippen MR) is 103 cm³/mol. The summed E-state index contributed by atoms with van der Waals surface area (Å²) in [7, 11) is 0. The van der Waals surface area contributed by atoms with Crippen molar-refractivity contribution in [1.29, 1.82) is 0 Å². The molecule has 2 N–H and O–H groups in total. The van der Waals surface area contributed by atoms with E-state index in [-0.39, 0.29) is 0 Å². The fourth-order valence-electron chi connectivity index (χ4n) is 2.97. The van der Waals surface area contributed by atoms with Crippen LogP contribution in [0.2, 0.25) is 0 Å². The van der Waals surface area contributed by atoms with Crippen LogP contribution in [-0.4, -0.2) is 59.2 Å². The molecular weight excluding hydrogens is 328 g/mol. The number of anilines is 3. The predicted octanol–water partition coefficient (Wildman–Crippen LogP) is 2.51. The van der Waals surface area contributed by atoms with Crippen LogP contribution in [0.1, 0.15) is 0 Å². The van der Waals surface area contributed by atoms with E-state index in [1.807, 2.05) is 36.4 Å². The standard InChI is InChI=1S/C19H22N6O/c1-2-15-14-16(3-4-17(15)20-6-1)23-19-22-7-5-18(24-19)21-8-9-25-10-12-26-13-11-25/h1-7,14H,8-13H2,(H2,21,22,23,24). The number of hydrogen-bond acceptors (Lipinski definition) is 7. The van der Waals surface area contributed by atoms with E-state index in [9.17, 15) is 0 Å². The quantitative estimate of drug-likeness (QED) is 0.707. The number of fused-ring (bicyclic) bond motifs is 1. The third kappa shape index (κ3) is 4.25. The number of ether oxygens (including phenoxy) is 1. The molecule has 0 atom stereocenters. The van der Waals surface area contributed by atoms with Crippen molar-refractivity contribution in [2.24, 2.45) is 0 Å². The molecule has 1 aliphatic heterocycles. The molecule has 1 aliphatic rings. The topological polar surface area (TPSA) is 75.2 Å². The van der Waals surface area contributed by atoms with E-state index in [0.717, 1.165) is 61.8 Å². The summed E-state index contributed by atoms with van der Waals surface area (Å²) in [6.45, 7) is 5.46. The van der Waals surface area contributed by atoms with Crippen molar-refractivity contribution >= 4 is 28.4 Å². The highest BCUT2D eigenvalue weighted by molar-refractivity contribution is 5.82. The average Bonchev–Trinajstić information content (AvgIpc) is 2.69. The van der Waals surface area contributed by atoms with Crippen molar-refractivity contribution < 1.29 is 4.74 Å². The van der Waals surface area contributed by atoms with Gasteiger partial charge in [-0.15, -0.1) is 0 Å². The van der Waals surface area contributed by atoms with Gasteiger partial charge in [-0.25, -0.2) is 4.98 Å². The molecule has 0 spiro atoms. The number of pyridine rings is 1. The molecule has 0 bridgehead atoms. The van der Waals surface area contributed by atoms with Crippen LogP contribution in [0.25, 0.3) is 10.9 Å². The van der Waals surface area contributed by atoms with Crippen LogP contribution in [0.5, 0.6) is 0 Å². The van der Waals surface area contributed by atoms with E-state index in [0.29, 0.717) is 5.95 Å². The summed E-state index contributed by atoms with van der Waals surface area (Å²) >= 11 is 0. The molecular formula is C19H22N6O. The molecule has 7 nitrogen and oxygen atoms in total. The molecule has 0 saturated carbocycles. The van der Waals surface area contributed by atoms with E-state index >= 15 is 0 Å². The fourth-order valence-corrected chi connectivity index (χ4v) is 2.97. The number of nitrogens with zero attached hydrogens (tertiary/aromatic N) is 4. The monoisotopic (exact) mass is 350 g/mol. The zero-order valence-corrected chi connectivity index (χ0v) is 14.6.